The van der Waals surface area contributed by atoms with Crippen molar-refractivity contribution in [2.75, 3.05) is 31.1 Å². The van der Waals surface area contributed by atoms with E-state index in [4.69, 9.17) is 4.74 Å². The van der Waals surface area contributed by atoms with Crippen molar-refractivity contribution in [1.29, 1.82) is 0 Å². The Balaban J connectivity index is 1.15. The summed E-state index contributed by atoms with van der Waals surface area (Å²) in [7, 11) is 0. The predicted molar refractivity (Wildman–Crippen MR) is 106 cm³/mol. The van der Waals surface area contributed by atoms with Crippen LogP contribution in [0.15, 0.2) is 48.5 Å². The molecule has 0 radical (unpaired) electrons. The van der Waals surface area contributed by atoms with Crippen molar-refractivity contribution in [1.82, 2.24) is 4.90 Å². The highest BCUT2D eigenvalue weighted by Crippen LogP contribution is 2.43. The molecule has 0 atom stereocenters. The minimum Gasteiger partial charge on any atom is -0.365 e. The molecule has 0 unspecified atom stereocenters. The van der Waals surface area contributed by atoms with Gasteiger partial charge in [0, 0.05) is 25.3 Å². The smallest absolute Gasteiger partial charge is 0.231 e. The Kier molecular flexibility index (Phi) is 4.25. The van der Waals surface area contributed by atoms with Crippen LogP contribution in [-0.4, -0.2) is 37.0 Å². The van der Waals surface area contributed by atoms with Crippen molar-refractivity contribution in [3.05, 3.63) is 65.2 Å². The van der Waals surface area contributed by atoms with Crippen LogP contribution < -0.4 is 4.90 Å². The summed E-state index contributed by atoms with van der Waals surface area (Å²) < 4.78 is 6.26. The number of piperidine rings is 1. The van der Waals surface area contributed by atoms with Crippen LogP contribution in [0.4, 0.5) is 5.69 Å². The molecule has 0 N–H and O–H groups in total. The Morgan fingerprint density at radius 2 is 1.67 bits per heavy atom. The number of rotatable bonds is 4. The van der Waals surface area contributed by atoms with E-state index in [0.717, 1.165) is 57.7 Å². The molecule has 140 valence electrons. The quantitative estimate of drug-likeness (QED) is 0.835. The summed E-state index contributed by atoms with van der Waals surface area (Å²) in [6, 6.07) is 16.9. The lowest BCUT2D eigenvalue weighted by Crippen LogP contribution is -2.43. The van der Waals surface area contributed by atoms with Gasteiger partial charge in [0.05, 0.1) is 18.6 Å². The Morgan fingerprint density at radius 3 is 2.52 bits per heavy atom. The molecule has 1 spiro atoms. The first-order chi connectivity index (χ1) is 13.3. The number of hydrogen-bond donors (Lipinski definition) is 0. The van der Waals surface area contributed by atoms with E-state index < -0.39 is 0 Å². The summed E-state index contributed by atoms with van der Waals surface area (Å²) in [5, 5.41) is 0. The van der Waals surface area contributed by atoms with Gasteiger partial charge in [-0.2, -0.15) is 0 Å². The predicted octanol–water partition coefficient (Wildman–Crippen LogP) is 3.49. The summed E-state index contributed by atoms with van der Waals surface area (Å²) in [5.74, 6) is 0.241. The second kappa shape index (κ2) is 6.77. The summed E-state index contributed by atoms with van der Waals surface area (Å²) in [6.07, 6.45) is 3.70. The van der Waals surface area contributed by atoms with Gasteiger partial charge in [0.25, 0.3) is 0 Å². The first-order valence-corrected chi connectivity index (χ1v) is 10.1. The molecule has 27 heavy (non-hydrogen) atoms. The lowest BCUT2D eigenvalue weighted by molar-refractivity contribution is -0.117. The first kappa shape index (κ1) is 17.0. The molecule has 3 aliphatic heterocycles. The summed E-state index contributed by atoms with van der Waals surface area (Å²) in [4.78, 5) is 16.8. The number of nitrogens with zero attached hydrogens (tertiary/aromatic N) is 2. The van der Waals surface area contributed by atoms with Crippen molar-refractivity contribution >= 4 is 11.6 Å². The number of hydrogen-bond acceptors (Lipinski definition) is 3. The molecule has 0 aliphatic carbocycles. The van der Waals surface area contributed by atoms with Crippen LogP contribution >= 0.6 is 0 Å². The van der Waals surface area contributed by atoms with Crippen LogP contribution in [-0.2, 0) is 28.2 Å². The third-order valence-electron chi connectivity index (χ3n) is 6.46. The van der Waals surface area contributed by atoms with Gasteiger partial charge in [0.1, 0.15) is 0 Å². The average molecular weight is 362 g/mol. The van der Waals surface area contributed by atoms with Gasteiger partial charge in [-0.3, -0.25) is 4.79 Å². The van der Waals surface area contributed by atoms with Gasteiger partial charge in [-0.1, -0.05) is 42.5 Å². The Labute approximate surface area is 160 Å². The molecular formula is C23H26N2O2. The SMILES string of the molecule is O=C1Cc2ccccc2N1CCCN1CCC2(CC1)OCc1ccccc12. The van der Waals surface area contributed by atoms with Crippen molar-refractivity contribution in [2.24, 2.45) is 0 Å². The molecular weight excluding hydrogens is 336 g/mol. The zero-order valence-electron chi connectivity index (χ0n) is 15.7. The van der Waals surface area contributed by atoms with Crippen molar-refractivity contribution in [3.63, 3.8) is 0 Å². The number of fused-ring (bicyclic) bond motifs is 3. The molecule has 4 heteroatoms. The van der Waals surface area contributed by atoms with Crippen LogP contribution in [0.5, 0.6) is 0 Å². The number of ether oxygens (including phenoxy) is 1. The van der Waals surface area contributed by atoms with E-state index in [2.05, 4.69) is 41.3 Å². The number of carbonyl (C=O) groups is 1. The maximum absolute atomic E-state index is 12.3. The number of likely N-dealkylation sites (tertiary alicyclic amines) is 1. The summed E-state index contributed by atoms with van der Waals surface area (Å²) in [5.41, 5.74) is 4.98. The molecule has 0 bridgehead atoms. The second-order valence-corrected chi connectivity index (χ2v) is 7.99. The summed E-state index contributed by atoms with van der Waals surface area (Å²) >= 11 is 0. The highest BCUT2D eigenvalue weighted by molar-refractivity contribution is 6.01. The van der Waals surface area contributed by atoms with Crippen molar-refractivity contribution in [3.8, 4) is 0 Å². The zero-order chi connectivity index (χ0) is 18.3. The van der Waals surface area contributed by atoms with E-state index in [1.807, 2.05) is 17.0 Å². The fourth-order valence-electron chi connectivity index (χ4n) is 4.95. The zero-order valence-corrected chi connectivity index (χ0v) is 15.7. The molecule has 4 nitrogen and oxygen atoms in total. The monoisotopic (exact) mass is 362 g/mol. The average Bonchev–Trinajstić information content (AvgIpc) is 3.22. The van der Waals surface area contributed by atoms with Crippen LogP contribution in [0, 0.1) is 0 Å². The Bertz CT molecular complexity index is 855. The van der Waals surface area contributed by atoms with Crippen LogP contribution in [0.3, 0.4) is 0 Å². The lowest BCUT2D eigenvalue weighted by Gasteiger charge is -2.39. The van der Waals surface area contributed by atoms with Gasteiger partial charge in [0.2, 0.25) is 5.91 Å². The minimum absolute atomic E-state index is 0.0586. The fraction of sp³-hybridized carbons (Fsp3) is 0.435. The highest BCUT2D eigenvalue weighted by atomic mass is 16.5. The van der Waals surface area contributed by atoms with E-state index in [0.29, 0.717) is 6.42 Å². The van der Waals surface area contributed by atoms with Crippen LogP contribution in [0.1, 0.15) is 36.0 Å². The molecule has 1 fully saturated rings. The van der Waals surface area contributed by atoms with E-state index in [9.17, 15) is 4.79 Å². The largest absolute Gasteiger partial charge is 0.365 e. The Hall–Kier alpha value is -2.17. The van der Waals surface area contributed by atoms with E-state index in [1.165, 1.54) is 16.7 Å². The van der Waals surface area contributed by atoms with E-state index in [1.54, 1.807) is 0 Å². The normalized spacial score (nSPS) is 20.9. The van der Waals surface area contributed by atoms with Gasteiger partial charge in [0.15, 0.2) is 0 Å². The van der Waals surface area contributed by atoms with E-state index >= 15 is 0 Å². The highest BCUT2D eigenvalue weighted by Gasteiger charge is 2.42. The maximum Gasteiger partial charge on any atom is 0.231 e. The molecule has 2 aromatic rings. The Morgan fingerprint density at radius 1 is 0.926 bits per heavy atom. The number of carbonyl (C=O) groups excluding carboxylic acids is 1. The standard InChI is InChI=1S/C23H26N2O2/c26-22-16-18-6-2-4-9-21(18)25(22)13-5-12-24-14-10-23(11-15-24)20-8-3-1-7-19(20)17-27-23/h1-4,6-9H,5,10-17H2. The number of para-hydroxylation sites is 1. The molecule has 0 saturated carbocycles. The summed E-state index contributed by atoms with van der Waals surface area (Å²) in [6.45, 7) is 4.75. The van der Waals surface area contributed by atoms with Gasteiger partial charge < -0.3 is 14.5 Å². The number of benzene rings is 2. The molecule has 0 aromatic heterocycles. The molecule has 1 amide bonds. The topological polar surface area (TPSA) is 32.8 Å². The maximum atomic E-state index is 12.3. The third-order valence-corrected chi connectivity index (χ3v) is 6.46. The minimum atomic E-state index is -0.0586. The molecule has 3 heterocycles. The molecule has 2 aromatic carbocycles. The van der Waals surface area contributed by atoms with Crippen LogP contribution in [0.2, 0.25) is 0 Å². The van der Waals surface area contributed by atoms with Crippen molar-refractivity contribution in [2.45, 2.75) is 37.9 Å². The number of amides is 1. The molecule has 3 aliphatic rings. The van der Waals surface area contributed by atoms with Gasteiger partial charge in [-0.25, -0.2) is 0 Å². The van der Waals surface area contributed by atoms with Gasteiger partial charge in [-0.15, -0.1) is 0 Å². The van der Waals surface area contributed by atoms with E-state index in [-0.39, 0.29) is 11.5 Å². The van der Waals surface area contributed by atoms with Gasteiger partial charge in [-0.05, 0) is 48.6 Å². The van der Waals surface area contributed by atoms with Crippen molar-refractivity contribution < 1.29 is 9.53 Å². The molecule has 1 saturated heterocycles. The van der Waals surface area contributed by atoms with Crippen LogP contribution in [0.25, 0.3) is 0 Å². The lowest BCUT2D eigenvalue weighted by atomic mass is 9.84. The molecule has 5 rings (SSSR count). The first-order valence-electron chi connectivity index (χ1n) is 10.1. The number of anilines is 1. The second-order valence-electron chi connectivity index (χ2n) is 7.99. The fourth-order valence-corrected chi connectivity index (χ4v) is 4.95. The van der Waals surface area contributed by atoms with Gasteiger partial charge >= 0.3 is 0 Å². The third kappa shape index (κ3) is 2.97.